The number of methoxy groups -OCH3 is 1. The van der Waals surface area contributed by atoms with Crippen LogP contribution in [-0.2, 0) is 6.42 Å². The van der Waals surface area contributed by atoms with Crippen LogP contribution in [0.3, 0.4) is 0 Å². The summed E-state index contributed by atoms with van der Waals surface area (Å²) in [6.07, 6.45) is 1.44. The molecule has 0 saturated heterocycles. The third kappa shape index (κ3) is 3.51. The molecular weight excluding hydrogens is 328 g/mol. The first kappa shape index (κ1) is 18.2. The topological polar surface area (TPSA) is 71.7 Å². The Morgan fingerprint density at radius 2 is 1.96 bits per heavy atom. The zero-order valence-corrected chi connectivity index (χ0v) is 15.8. The average Bonchev–Trinajstić information content (AvgIpc) is 2.96. The summed E-state index contributed by atoms with van der Waals surface area (Å²) in [5, 5.41) is 17.7. The molecular formula is C20H26N4O2. The number of nitrogens with zero attached hydrogens (tertiary/aromatic N) is 3. The molecule has 0 fully saturated rings. The Hall–Kier alpha value is -2.60. The Morgan fingerprint density at radius 3 is 2.58 bits per heavy atom. The zero-order valence-electron chi connectivity index (χ0n) is 15.8. The van der Waals surface area contributed by atoms with Gasteiger partial charge in [-0.15, -0.1) is 0 Å². The molecule has 2 aromatic heterocycles. The van der Waals surface area contributed by atoms with Crippen LogP contribution in [-0.4, -0.2) is 33.4 Å². The van der Waals surface area contributed by atoms with Crippen molar-refractivity contribution in [1.82, 2.24) is 14.6 Å². The van der Waals surface area contributed by atoms with Gasteiger partial charge in [-0.2, -0.15) is 9.61 Å². The maximum atomic E-state index is 9.54. The minimum atomic E-state index is -0.0361. The fraction of sp³-hybridized carbons (Fsp3) is 0.400. The molecule has 1 unspecified atom stereocenters. The third-order valence-electron chi connectivity index (χ3n) is 4.73. The van der Waals surface area contributed by atoms with Gasteiger partial charge in [0.05, 0.1) is 18.8 Å². The Kier molecular flexibility index (Phi) is 5.42. The smallest absolute Gasteiger partial charge is 0.160 e. The van der Waals surface area contributed by atoms with Crippen molar-refractivity contribution in [2.75, 3.05) is 19.0 Å². The Balaban J connectivity index is 2.01. The molecule has 0 aliphatic rings. The molecule has 0 bridgehead atoms. The van der Waals surface area contributed by atoms with Crippen molar-refractivity contribution in [3.63, 3.8) is 0 Å². The summed E-state index contributed by atoms with van der Waals surface area (Å²) in [6.45, 7) is 6.22. The van der Waals surface area contributed by atoms with Gasteiger partial charge in [0.25, 0.3) is 0 Å². The summed E-state index contributed by atoms with van der Waals surface area (Å²) in [5.74, 6) is 1.70. The van der Waals surface area contributed by atoms with Gasteiger partial charge < -0.3 is 15.2 Å². The van der Waals surface area contributed by atoms with Crippen molar-refractivity contribution >= 4 is 11.5 Å². The molecule has 0 aliphatic carbocycles. The lowest BCUT2D eigenvalue weighted by molar-refractivity contribution is 0.280. The number of anilines is 1. The second-order valence-electron chi connectivity index (χ2n) is 6.41. The number of fused-ring (bicyclic) bond motifs is 1. The van der Waals surface area contributed by atoms with Gasteiger partial charge in [0.15, 0.2) is 5.65 Å². The van der Waals surface area contributed by atoms with Gasteiger partial charge in [0.1, 0.15) is 11.6 Å². The number of nitrogens with one attached hydrogen (secondary N) is 1. The largest absolute Gasteiger partial charge is 0.497 e. The van der Waals surface area contributed by atoms with Gasteiger partial charge in [-0.25, -0.2) is 4.98 Å². The van der Waals surface area contributed by atoms with Crippen LogP contribution in [0, 0.1) is 13.8 Å². The van der Waals surface area contributed by atoms with Gasteiger partial charge in [-0.1, -0.05) is 19.1 Å². The van der Waals surface area contributed by atoms with E-state index in [1.54, 1.807) is 7.11 Å². The maximum absolute atomic E-state index is 9.54. The zero-order chi connectivity index (χ0) is 18.7. The fourth-order valence-corrected chi connectivity index (χ4v) is 3.03. The van der Waals surface area contributed by atoms with Crippen molar-refractivity contribution in [3.05, 3.63) is 52.8 Å². The molecule has 3 aromatic rings. The average molecular weight is 354 g/mol. The summed E-state index contributed by atoms with van der Waals surface area (Å²) < 4.78 is 7.10. The number of ether oxygens (including phenoxy) is 1. The first-order valence-electron chi connectivity index (χ1n) is 8.94. The summed E-state index contributed by atoms with van der Waals surface area (Å²) in [6, 6.07) is 9.90. The van der Waals surface area contributed by atoms with Crippen LogP contribution in [0.25, 0.3) is 5.65 Å². The molecule has 1 atom stereocenters. The number of benzene rings is 1. The molecule has 2 heterocycles. The molecule has 0 amide bonds. The van der Waals surface area contributed by atoms with Crippen LogP contribution in [0.5, 0.6) is 5.75 Å². The lowest BCUT2D eigenvalue weighted by Gasteiger charge is -2.21. The maximum Gasteiger partial charge on any atom is 0.160 e. The first-order chi connectivity index (χ1) is 12.6. The second kappa shape index (κ2) is 7.74. The highest BCUT2D eigenvalue weighted by molar-refractivity contribution is 5.56. The fourth-order valence-electron chi connectivity index (χ4n) is 3.03. The van der Waals surface area contributed by atoms with Crippen molar-refractivity contribution in [1.29, 1.82) is 0 Å². The standard InChI is InChI=1S/C20H26N4O2/c1-5-16-12-19(24-20(21-16)13(2)14(3)23-24)22-18(10-11-25)15-6-8-17(26-4)9-7-15/h6-9,12,18,22,25H,5,10-11H2,1-4H3. The van der Waals surface area contributed by atoms with Crippen LogP contribution in [0.15, 0.2) is 30.3 Å². The summed E-state index contributed by atoms with van der Waals surface area (Å²) in [5.41, 5.74) is 5.04. The number of rotatable bonds is 7. The molecule has 138 valence electrons. The minimum Gasteiger partial charge on any atom is -0.497 e. The predicted octanol–water partition coefficient (Wildman–Crippen LogP) is 3.45. The van der Waals surface area contributed by atoms with Crippen molar-refractivity contribution in [2.45, 2.75) is 39.7 Å². The van der Waals surface area contributed by atoms with Crippen LogP contribution < -0.4 is 10.1 Å². The Morgan fingerprint density at radius 1 is 1.23 bits per heavy atom. The van der Waals surface area contributed by atoms with E-state index in [-0.39, 0.29) is 12.6 Å². The van der Waals surface area contributed by atoms with Crippen LogP contribution >= 0.6 is 0 Å². The lowest BCUT2D eigenvalue weighted by atomic mass is 10.0. The Labute approximate surface area is 153 Å². The van der Waals surface area contributed by atoms with Crippen LogP contribution in [0.1, 0.15) is 41.9 Å². The number of hydrogen-bond donors (Lipinski definition) is 2. The third-order valence-corrected chi connectivity index (χ3v) is 4.73. The quantitative estimate of drug-likeness (QED) is 0.680. The summed E-state index contributed by atoms with van der Waals surface area (Å²) >= 11 is 0. The van der Waals surface area contributed by atoms with E-state index in [9.17, 15) is 5.11 Å². The normalized spacial score (nSPS) is 12.3. The van der Waals surface area contributed by atoms with Gasteiger partial charge in [0.2, 0.25) is 0 Å². The molecule has 26 heavy (non-hydrogen) atoms. The molecule has 6 heteroatoms. The molecule has 0 saturated carbocycles. The van der Waals surface area contributed by atoms with E-state index in [2.05, 4.69) is 17.3 Å². The first-order valence-corrected chi connectivity index (χ1v) is 8.94. The minimum absolute atomic E-state index is 0.0361. The van der Waals surface area contributed by atoms with E-state index in [4.69, 9.17) is 9.72 Å². The molecule has 1 aromatic carbocycles. The molecule has 3 rings (SSSR count). The summed E-state index contributed by atoms with van der Waals surface area (Å²) in [4.78, 5) is 4.72. The van der Waals surface area contributed by atoms with E-state index >= 15 is 0 Å². The van der Waals surface area contributed by atoms with Gasteiger partial charge in [-0.05, 0) is 44.4 Å². The highest BCUT2D eigenvalue weighted by atomic mass is 16.5. The summed E-state index contributed by atoms with van der Waals surface area (Å²) in [7, 11) is 1.65. The van der Waals surface area contributed by atoms with E-state index in [0.29, 0.717) is 6.42 Å². The molecule has 6 nitrogen and oxygen atoms in total. The number of aromatic nitrogens is 3. The van der Waals surface area contributed by atoms with Crippen molar-refractivity contribution in [2.24, 2.45) is 0 Å². The van der Waals surface area contributed by atoms with Crippen molar-refractivity contribution in [3.8, 4) is 5.75 Å². The SMILES string of the molecule is CCc1cc(NC(CCO)c2ccc(OC)cc2)n2nc(C)c(C)c2n1. The van der Waals surface area contributed by atoms with Crippen LogP contribution in [0.4, 0.5) is 5.82 Å². The van der Waals surface area contributed by atoms with E-state index < -0.39 is 0 Å². The number of hydrogen-bond acceptors (Lipinski definition) is 5. The van der Waals surface area contributed by atoms with E-state index in [1.165, 1.54) is 0 Å². The van der Waals surface area contributed by atoms with Crippen molar-refractivity contribution < 1.29 is 9.84 Å². The number of aliphatic hydroxyl groups excluding tert-OH is 1. The van der Waals surface area contributed by atoms with Gasteiger partial charge >= 0.3 is 0 Å². The monoisotopic (exact) mass is 354 g/mol. The van der Waals surface area contributed by atoms with Gasteiger partial charge in [0, 0.05) is 23.9 Å². The molecule has 0 spiro atoms. The second-order valence-corrected chi connectivity index (χ2v) is 6.41. The number of aliphatic hydroxyl groups is 1. The lowest BCUT2D eigenvalue weighted by Crippen LogP contribution is -2.16. The predicted molar refractivity (Wildman–Crippen MR) is 103 cm³/mol. The van der Waals surface area contributed by atoms with Gasteiger partial charge in [-0.3, -0.25) is 0 Å². The Bertz CT molecular complexity index is 887. The highest BCUT2D eigenvalue weighted by Gasteiger charge is 2.16. The molecule has 0 aliphatic heterocycles. The van der Waals surface area contributed by atoms with E-state index in [1.807, 2.05) is 48.7 Å². The van der Waals surface area contributed by atoms with Crippen LogP contribution in [0.2, 0.25) is 0 Å². The molecule has 0 radical (unpaired) electrons. The van der Waals surface area contributed by atoms with E-state index in [0.717, 1.165) is 46.2 Å². The number of aryl methyl sites for hydroxylation is 3. The highest BCUT2D eigenvalue weighted by Crippen LogP contribution is 2.26. The molecule has 2 N–H and O–H groups in total.